The number of sulfone groups is 1. The summed E-state index contributed by atoms with van der Waals surface area (Å²) in [6, 6.07) is 5.45. The topological polar surface area (TPSA) is 87.9 Å². The third-order valence-electron chi connectivity index (χ3n) is 4.24. The van der Waals surface area contributed by atoms with E-state index in [2.05, 4.69) is 0 Å². The molecule has 3 atom stereocenters. The quantitative estimate of drug-likeness (QED) is 0.859. The smallest absolute Gasteiger partial charge is 0.231 e. The Morgan fingerprint density at radius 3 is 2.76 bits per heavy atom. The Bertz CT molecular complexity index is 659. The number of hydrogen-bond donors (Lipinski definition) is 1. The van der Waals surface area contributed by atoms with Crippen molar-refractivity contribution in [3.05, 3.63) is 23.8 Å². The average Bonchev–Trinajstić information content (AvgIpc) is 2.84. The molecule has 21 heavy (non-hydrogen) atoms. The molecule has 7 heteroatoms. The van der Waals surface area contributed by atoms with Gasteiger partial charge in [-0.3, -0.25) is 0 Å². The van der Waals surface area contributed by atoms with Gasteiger partial charge < -0.3 is 19.9 Å². The van der Waals surface area contributed by atoms with Gasteiger partial charge in [0.1, 0.15) is 0 Å². The zero-order chi connectivity index (χ0) is 15.3. The van der Waals surface area contributed by atoms with Crippen molar-refractivity contribution in [1.29, 1.82) is 0 Å². The second kappa shape index (κ2) is 4.86. The number of rotatable bonds is 5. The van der Waals surface area contributed by atoms with Crippen molar-refractivity contribution >= 4 is 9.84 Å². The highest BCUT2D eigenvalue weighted by atomic mass is 32.2. The number of fused-ring (bicyclic) bond motifs is 1. The van der Waals surface area contributed by atoms with Gasteiger partial charge in [0, 0.05) is 18.8 Å². The molecule has 1 aliphatic carbocycles. The Kier molecular flexibility index (Phi) is 3.38. The molecule has 1 heterocycles. The van der Waals surface area contributed by atoms with Gasteiger partial charge in [-0.15, -0.1) is 0 Å². The second-order valence-corrected chi connectivity index (χ2v) is 7.92. The summed E-state index contributed by atoms with van der Waals surface area (Å²) in [5, 5.41) is -0.615. The van der Waals surface area contributed by atoms with Crippen LogP contribution >= 0.6 is 0 Å². The van der Waals surface area contributed by atoms with Crippen molar-refractivity contribution < 1.29 is 22.6 Å². The van der Waals surface area contributed by atoms with Crippen LogP contribution < -0.4 is 15.2 Å². The van der Waals surface area contributed by atoms with Gasteiger partial charge in [0.25, 0.3) is 0 Å². The summed E-state index contributed by atoms with van der Waals surface area (Å²) in [5.41, 5.74) is 6.28. The van der Waals surface area contributed by atoms with Crippen molar-refractivity contribution in [1.82, 2.24) is 0 Å². The maximum Gasteiger partial charge on any atom is 0.231 e. The Labute approximate surface area is 124 Å². The average molecular weight is 313 g/mol. The number of nitrogens with two attached hydrogens (primary N) is 1. The Morgan fingerprint density at radius 2 is 2.10 bits per heavy atom. The number of ether oxygens (including phenoxy) is 3. The first-order valence-corrected chi connectivity index (χ1v) is 8.54. The van der Waals surface area contributed by atoms with Gasteiger partial charge in [-0.05, 0) is 17.7 Å². The van der Waals surface area contributed by atoms with E-state index in [1.165, 1.54) is 7.11 Å². The zero-order valence-electron chi connectivity index (χ0n) is 12.0. The first-order chi connectivity index (χ1) is 9.94. The molecule has 116 valence electrons. The van der Waals surface area contributed by atoms with Crippen molar-refractivity contribution in [2.45, 2.75) is 23.6 Å². The van der Waals surface area contributed by atoms with Gasteiger partial charge in [-0.25, -0.2) is 8.42 Å². The molecule has 1 fully saturated rings. The third kappa shape index (κ3) is 2.20. The summed E-state index contributed by atoms with van der Waals surface area (Å²) in [7, 11) is -1.72. The standard InChI is InChI=1S/C14H19NO5S/c1-3-21(16,17)13-12(14(13,15)7-18-2)9-4-5-10-11(6-9)20-8-19-10/h4-6,12-13H,3,7-8,15H2,1-2H3/t12-,13+,14-/m0/s1. The molecule has 2 N–H and O–H groups in total. The molecule has 0 bridgehead atoms. The van der Waals surface area contributed by atoms with E-state index in [0.717, 1.165) is 5.56 Å². The zero-order valence-corrected chi connectivity index (χ0v) is 12.9. The van der Waals surface area contributed by atoms with Crippen molar-refractivity contribution in [2.75, 3.05) is 26.3 Å². The molecule has 2 aliphatic rings. The summed E-state index contributed by atoms with van der Waals surface area (Å²) in [6.07, 6.45) is 0. The lowest BCUT2D eigenvalue weighted by molar-refractivity contribution is 0.171. The maximum atomic E-state index is 12.3. The minimum Gasteiger partial charge on any atom is -0.454 e. The minimum atomic E-state index is -3.24. The summed E-state index contributed by atoms with van der Waals surface area (Å²) in [5.74, 6) is 1.09. The van der Waals surface area contributed by atoms with E-state index >= 15 is 0 Å². The highest BCUT2D eigenvalue weighted by molar-refractivity contribution is 7.92. The van der Waals surface area contributed by atoms with Crippen molar-refractivity contribution in [2.24, 2.45) is 5.73 Å². The molecule has 0 amide bonds. The molecule has 0 aromatic heterocycles. The molecule has 0 saturated heterocycles. The third-order valence-corrected chi connectivity index (χ3v) is 6.53. The lowest BCUT2D eigenvalue weighted by Crippen LogP contribution is -2.36. The van der Waals surface area contributed by atoms with Crippen LogP contribution in [-0.2, 0) is 14.6 Å². The Morgan fingerprint density at radius 1 is 1.38 bits per heavy atom. The lowest BCUT2D eigenvalue weighted by Gasteiger charge is -2.10. The molecule has 6 nitrogen and oxygen atoms in total. The second-order valence-electron chi connectivity index (χ2n) is 5.51. The van der Waals surface area contributed by atoms with Crippen LogP contribution in [-0.4, -0.2) is 45.5 Å². The minimum absolute atomic E-state index is 0.0708. The van der Waals surface area contributed by atoms with Gasteiger partial charge in [0.2, 0.25) is 6.79 Å². The van der Waals surface area contributed by atoms with Crippen LogP contribution in [0, 0.1) is 0 Å². The van der Waals surface area contributed by atoms with Gasteiger partial charge >= 0.3 is 0 Å². The lowest BCUT2D eigenvalue weighted by atomic mass is 10.1. The largest absolute Gasteiger partial charge is 0.454 e. The summed E-state index contributed by atoms with van der Waals surface area (Å²) in [4.78, 5) is 0. The van der Waals surface area contributed by atoms with E-state index in [-0.39, 0.29) is 25.1 Å². The van der Waals surface area contributed by atoms with E-state index in [4.69, 9.17) is 19.9 Å². The fourth-order valence-electron chi connectivity index (χ4n) is 3.16. The molecule has 0 unspecified atom stereocenters. The van der Waals surface area contributed by atoms with Gasteiger partial charge in [0.15, 0.2) is 21.3 Å². The summed E-state index contributed by atoms with van der Waals surface area (Å²) in [6.45, 7) is 2.03. The monoisotopic (exact) mass is 313 g/mol. The van der Waals surface area contributed by atoms with Crippen LogP contribution in [0.5, 0.6) is 11.5 Å². The molecular formula is C14H19NO5S. The molecule has 1 saturated carbocycles. The van der Waals surface area contributed by atoms with Crippen LogP contribution in [0.15, 0.2) is 18.2 Å². The first kappa shape index (κ1) is 14.6. The Balaban J connectivity index is 1.97. The molecule has 1 aromatic carbocycles. The van der Waals surface area contributed by atoms with E-state index in [1.54, 1.807) is 13.0 Å². The SMILES string of the molecule is CCS(=O)(=O)[C@@H]1[C@H](c2ccc3c(c2)OCO3)[C@@]1(N)COC. The predicted octanol–water partition coefficient (Wildman–Crippen LogP) is 0.660. The molecule has 1 aromatic rings. The maximum absolute atomic E-state index is 12.3. The molecule has 0 spiro atoms. The van der Waals surface area contributed by atoms with E-state index < -0.39 is 20.6 Å². The predicted molar refractivity (Wildman–Crippen MR) is 77.3 cm³/mol. The van der Waals surface area contributed by atoms with Crippen LogP contribution in [0.25, 0.3) is 0 Å². The number of benzene rings is 1. The summed E-state index contributed by atoms with van der Waals surface area (Å²) >= 11 is 0. The molecule has 1 aliphatic heterocycles. The van der Waals surface area contributed by atoms with Crippen LogP contribution in [0.2, 0.25) is 0 Å². The van der Waals surface area contributed by atoms with E-state index in [0.29, 0.717) is 11.5 Å². The highest BCUT2D eigenvalue weighted by Gasteiger charge is 2.68. The van der Waals surface area contributed by atoms with Crippen molar-refractivity contribution in [3.8, 4) is 11.5 Å². The summed E-state index contributed by atoms with van der Waals surface area (Å²) < 4.78 is 40.3. The highest BCUT2D eigenvalue weighted by Crippen LogP contribution is 2.55. The first-order valence-electron chi connectivity index (χ1n) is 6.83. The van der Waals surface area contributed by atoms with Gasteiger partial charge in [0.05, 0.1) is 17.4 Å². The molecular weight excluding hydrogens is 294 g/mol. The van der Waals surface area contributed by atoms with E-state index in [9.17, 15) is 8.42 Å². The normalized spacial score (nSPS) is 30.4. The van der Waals surface area contributed by atoms with Crippen LogP contribution in [0.3, 0.4) is 0 Å². The number of methoxy groups -OCH3 is 1. The molecule has 3 rings (SSSR count). The number of hydrogen-bond acceptors (Lipinski definition) is 6. The van der Waals surface area contributed by atoms with Crippen molar-refractivity contribution in [3.63, 3.8) is 0 Å². The molecule has 0 radical (unpaired) electrons. The van der Waals surface area contributed by atoms with Gasteiger partial charge in [-0.1, -0.05) is 13.0 Å². The van der Waals surface area contributed by atoms with Crippen LogP contribution in [0.1, 0.15) is 18.4 Å². The fourth-order valence-corrected chi connectivity index (χ4v) is 5.15. The van der Waals surface area contributed by atoms with Crippen LogP contribution in [0.4, 0.5) is 0 Å². The van der Waals surface area contributed by atoms with E-state index in [1.807, 2.05) is 12.1 Å². The van der Waals surface area contributed by atoms with Gasteiger partial charge in [-0.2, -0.15) is 0 Å². The Hall–Kier alpha value is -1.31. The fraction of sp³-hybridized carbons (Fsp3) is 0.571.